The van der Waals surface area contributed by atoms with Crippen LogP contribution in [0, 0.1) is 0 Å². The normalized spacial score (nSPS) is 19.4. The minimum atomic E-state index is -0.139. The molecule has 0 atom stereocenters. The van der Waals surface area contributed by atoms with Gasteiger partial charge in [0.15, 0.2) is 0 Å². The Morgan fingerprint density at radius 1 is 1.25 bits per heavy atom. The molecule has 0 bridgehead atoms. The van der Waals surface area contributed by atoms with Gasteiger partial charge < -0.3 is 10.1 Å². The van der Waals surface area contributed by atoms with Crippen molar-refractivity contribution >= 4 is 23.2 Å². The largest absolute Gasteiger partial charge is 0.486 e. The summed E-state index contributed by atoms with van der Waals surface area (Å²) in [6.45, 7) is 4.08. The predicted molar refractivity (Wildman–Crippen MR) is 67.6 cm³/mol. The summed E-state index contributed by atoms with van der Waals surface area (Å²) in [6.07, 6.45) is 1.96. The Labute approximate surface area is 106 Å². The van der Waals surface area contributed by atoms with Crippen LogP contribution in [0.25, 0.3) is 0 Å². The highest BCUT2D eigenvalue weighted by Gasteiger charge is 2.29. The van der Waals surface area contributed by atoms with Crippen LogP contribution in [0.4, 0.5) is 0 Å². The molecule has 0 aliphatic carbocycles. The standard InChI is InChI=1S/C12H15Cl2NO/c1-12(5-7-15-8-6-12)16-10-4-2-3-9(13)11(10)14/h2-4,15H,5-8H2,1H3. The van der Waals surface area contributed by atoms with Crippen LogP contribution in [0.15, 0.2) is 18.2 Å². The topological polar surface area (TPSA) is 21.3 Å². The molecule has 0 spiro atoms. The molecule has 0 unspecified atom stereocenters. The van der Waals surface area contributed by atoms with E-state index in [2.05, 4.69) is 12.2 Å². The molecule has 0 saturated carbocycles. The maximum atomic E-state index is 6.10. The zero-order valence-corrected chi connectivity index (χ0v) is 10.7. The Kier molecular flexibility index (Phi) is 3.63. The van der Waals surface area contributed by atoms with E-state index in [0.29, 0.717) is 15.8 Å². The molecule has 4 heteroatoms. The molecule has 0 aromatic heterocycles. The maximum Gasteiger partial charge on any atom is 0.140 e. The van der Waals surface area contributed by atoms with E-state index in [1.165, 1.54) is 0 Å². The third-order valence-electron chi connectivity index (χ3n) is 2.93. The average molecular weight is 260 g/mol. The summed E-state index contributed by atoms with van der Waals surface area (Å²) in [4.78, 5) is 0. The van der Waals surface area contributed by atoms with Crippen molar-refractivity contribution in [1.29, 1.82) is 0 Å². The molecule has 2 nitrogen and oxygen atoms in total. The molecule has 1 fully saturated rings. The van der Waals surface area contributed by atoms with Crippen LogP contribution < -0.4 is 10.1 Å². The molecule has 1 N–H and O–H groups in total. The summed E-state index contributed by atoms with van der Waals surface area (Å²) in [5, 5.41) is 4.35. The van der Waals surface area contributed by atoms with Gasteiger partial charge in [0.25, 0.3) is 0 Å². The van der Waals surface area contributed by atoms with E-state index in [1.54, 1.807) is 6.07 Å². The summed E-state index contributed by atoms with van der Waals surface area (Å²) in [7, 11) is 0. The Morgan fingerprint density at radius 2 is 1.94 bits per heavy atom. The van der Waals surface area contributed by atoms with Crippen LogP contribution in [-0.2, 0) is 0 Å². The number of hydrogen-bond acceptors (Lipinski definition) is 2. The smallest absolute Gasteiger partial charge is 0.140 e. The second-order valence-electron chi connectivity index (χ2n) is 4.35. The minimum Gasteiger partial charge on any atom is -0.486 e. The maximum absolute atomic E-state index is 6.10. The van der Waals surface area contributed by atoms with Crippen molar-refractivity contribution in [2.24, 2.45) is 0 Å². The molecule has 1 aliphatic heterocycles. The van der Waals surface area contributed by atoms with Crippen molar-refractivity contribution in [3.05, 3.63) is 28.2 Å². The fourth-order valence-electron chi connectivity index (χ4n) is 1.89. The molecule has 0 radical (unpaired) electrons. The van der Waals surface area contributed by atoms with Gasteiger partial charge in [0.05, 0.1) is 5.02 Å². The van der Waals surface area contributed by atoms with Gasteiger partial charge in [-0.15, -0.1) is 0 Å². The number of nitrogens with one attached hydrogen (secondary N) is 1. The van der Waals surface area contributed by atoms with Gasteiger partial charge in [0.2, 0.25) is 0 Å². The van der Waals surface area contributed by atoms with Crippen molar-refractivity contribution in [2.45, 2.75) is 25.4 Å². The Hall–Kier alpha value is -0.440. The third kappa shape index (κ3) is 2.62. The van der Waals surface area contributed by atoms with Gasteiger partial charge in [-0.25, -0.2) is 0 Å². The Bertz CT molecular complexity index is 375. The van der Waals surface area contributed by atoms with E-state index >= 15 is 0 Å². The van der Waals surface area contributed by atoms with Crippen molar-refractivity contribution < 1.29 is 4.74 Å². The summed E-state index contributed by atoms with van der Waals surface area (Å²) < 4.78 is 6.00. The summed E-state index contributed by atoms with van der Waals surface area (Å²) in [5.74, 6) is 0.679. The first kappa shape index (κ1) is 12.0. The number of ether oxygens (including phenoxy) is 1. The van der Waals surface area contributed by atoms with E-state index in [1.807, 2.05) is 12.1 Å². The molecule has 0 amide bonds. The van der Waals surface area contributed by atoms with Gasteiger partial charge >= 0.3 is 0 Å². The lowest BCUT2D eigenvalue weighted by Crippen LogP contribution is -2.43. The second kappa shape index (κ2) is 4.82. The van der Waals surface area contributed by atoms with Crippen molar-refractivity contribution in [2.75, 3.05) is 13.1 Å². The predicted octanol–water partition coefficient (Wildman–Crippen LogP) is 3.51. The Balaban J connectivity index is 2.16. The van der Waals surface area contributed by atoms with Crippen LogP contribution in [0.3, 0.4) is 0 Å². The summed E-state index contributed by atoms with van der Waals surface area (Å²) in [6, 6.07) is 5.48. The minimum absolute atomic E-state index is 0.139. The van der Waals surface area contributed by atoms with Crippen LogP contribution >= 0.6 is 23.2 Å². The van der Waals surface area contributed by atoms with Crippen LogP contribution in [-0.4, -0.2) is 18.7 Å². The van der Waals surface area contributed by atoms with E-state index < -0.39 is 0 Å². The lowest BCUT2D eigenvalue weighted by molar-refractivity contribution is 0.0557. The first-order valence-electron chi connectivity index (χ1n) is 5.44. The summed E-state index contributed by atoms with van der Waals surface area (Å²) in [5.41, 5.74) is -0.139. The molecular weight excluding hydrogens is 245 g/mol. The fourth-order valence-corrected chi connectivity index (χ4v) is 2.22. The number of rotatable bonds is 2. The van der Waals surface area contributed by atoms with Crippen LogP contribution in [0.2, 0.25) is 10.0 Å². The molecule has 1 aromatic carbocycles. The lowest BCUT2D eigenvalue weighted by atomic mass is 9.94. The van der Waals surface area contributed by atoms with Gasteiger partial charge in [-0.1, -0.05) is 29.3 Å². The van der Waals surface area contributed by atoms with Crippen molar-refractivity contribution in [3.8, 4) is 5.75 Å². The molecule has 1 aromatic rings. The summed E-state index contributed by atoms with van der Waals surface area (Å²) >= 11 is 12.1. The number of halogens is 2. The molecule has 2 rings (SSSR count). The van der Waals surface area contributed by atoms with Crippen molar-refractivity contribution in [3.63, 3.8) is 0 Å². The fraction of sp³-hybridized carbons (Fsp3) is 0.500. The highest BCUT2D eigenvalue weighted by molar-refractivity contribution is 6.42. The van der Waals surface area contributed by atoms with E-state index in [-0.39, 0.29) is 5.60 Å². The molecule has 1 saturated heterocycles. The SMILES string of the molecule is CC1(Oc2cccc(Cl)c2Cl)CCNCC1. The second-order valence-corrected chi connectivity index (χ2v) is 5.14. The van der Waals surface area contributed by atoms with E-state index in [9.17, 15) is 0 Å². The van der Waals surface area contributed by atoms with E-state index in [0.717, 1.165) is 25.9 Å². The van der Waals surface area contributed by atoms with Crippen LogP contribution in [0.5, 0.6) is 5.75 Å². The molecule has 16 heavy (non-hydrogen) atoms. The zero-order valence-electron chi connectivity index (χ0n) is 9.22. The number of piperidine rings is 1. The molecule has 88 valence electrons. The van der Waals surface area contributed by atoms with Gasteiger partial charge in [-0.3, -0.25) is 0 Å². The van der Waals surface area contributed by atoms with Gasteiger partial charge in [-0.05, 0) is 45.0 Å². The monoisotopic (exact) mass is 259 g/mol. The van der Waals surface area contributed by atoms with Crippen LogP contribution in [0.1, 0.15) is 19.8 Å². The van der Waals surface area contributed by atoms with Gasteiger partial charge in [-0.2, -0.15) is 0 Å². The first-order valence-corrected chi connectivity index (χ1v) is 6.20. The third-order valence-corrected chi connectivity index (χ3v) is 3.74. The van der Waals surface area contributed by atoms with Crippen molar-refractivity contribution in [1.82, 2.24) is 5.32 Å². The number of hydrogen-bond donors (Lipinski definition) is 1. The van der Waals surface area contributed by atoms with Gasteiger partial charge in [0, 0.05) is 0 Å². The molecular formula is C12H15Cl2NO. The van der Waals surface area contributed by atoms with Gasteiger partial charge in [0.1, 0.15) is 16.4 Å². The Morgan fingerprint density at radius 3 is 2.62 bits per heavy atom. The highest BCUT2D eigenvalue weighted by atomic mass is 35.5. The van der Waals surface area contributed by atoms with E-state index in [4.69, 9.17) is 27.9 Å². The average Bonchev–Trinajstić information content (AvgIpc) is 2.26. The highest BCUT2D eigenvalue weighted by Crippen LogP contribution is 2.35. The molecule has 1 heterocycles. The zero-order chi connectivity index (χ0) is 11.6. The lowest BCUT2D eigenvalue weighted by Gasteiger charge is -2.35. The molecule has 1 aliphatic rings. The number of benzene rings is 1. The first-order chi connectivity index (χ1) is 7.61. The quantitative estimate of drug-likeness (QED) is 0.878.